The molecule has 1 saturated heterocycles. The molecule has 2 heterocycles. The van der Waals surface area contributed by atoms with Crippen molar-refractivity contribution in [3.63, 3.8) is 0 Å². The molecule has 12 heteroatoms. The van der Waals surface area contributed by atoms with Gasteiger partial charge in [-0.05, 0) is 32.5 Å². The van der Waals surface area contributed by atoms with Gasteiger partial charge in [-0.2, -0.15) is 17.5 Å². The van der Waals surface area contributed by atoms with Crippen LogP contribution in [0.4, 0.5) is 13.2 Å². The molecule has 0 bridgehead atoms. The number of hydrogen-bond donors (Lipinski definition) is 0. The summed E-state index contributed by atoms with van der Waals surface area (Å²) in [5, 5.41) is 3.69. The third kappa shape index (κ3) is 5.13. The minimum absolute atomic E-state index is 0.0399. The zero-order chi connectivity index (χ0) is 23.7. The second-order valence-electron chi connectivity index (χ2n) is 7.77. The van der Waals surface area contributed by atoms with Gasteiger partial charge in [0, 0.05) is 32.7 Å². The predicted octanol–water partition coefficient (Wildman–Crippen LogP) is 2.28. The first-order valence-electron chi connectivity index (χ1n) is 9.95. The van der Waals surface area contributed by atoms with E-state index in [-0.39, 0.29) is 67.1 Å². The fourth-order valence-electron chi connectivity index (χ4n) is 3.76. The molecule has 0 aliphatic carbocycles. The van der Waals surface area contributed by atoms with E-state index in [0.29, 0.717) is 0 Å². The van der Waals surface area contributed by atoms with Gasteiger partial charge in [-0.25, -0.2) is 8.42 Å². The minimum Gasteiger partial charge on any atom is -0.360 e. The van der Waals surface area contributed by atoms with Crippen molar-refractivity contribution in [1.82, 2.24) is 19.3 Å². The predicted molar refractivity (Wildman–Crippen MR) is 109 cm³/mol. The van der Waals surface area contributed by atoms with E-state index < -0.39 is 21.8 Å². The highest BCUT2D eigenvalue weighted by atomic mass is 32.2. The van der Waals surface area contributed by atoms with Crippen LogP contribution in [0.15, 0.2) is 33.7 Å². The van der Waals surface area contributed by atoms with Gasteiger partial charge >= 0.3 is 6.18 Å². The van der Waals surface area contributed by atoms with Gasteiger partial charge in [-0.3, -0.25) is 9.69 Å². The Morgan fingerprint density at radius 3 is 2.34 bits per heavy atom. The van der Waals surface area contributed by atoms with Crippen LogP contribution in [0.3, 0.4) is 0 Å². The summed E-state index contributed by atoms with van der Waals surface area (Å²) in [6, 6.07) is 5.26. The number of alkyl halides is 3. The van der Waals surface area contributed by atoms with Crippen LogP contribution in [-0.4, -0.2) is 73.4 Å². The highest BCUT2D eigenvalue weighted by Crippen LogP contribution is 2.32. The number of benzene rings is 1. The van der Waals surface area contributed by atoms with Gasteiger partial charge in [-0.15, -0.1) is 0 Å². The first kappa shape index (κ1) is 24.2. The first-order valence-corrected chi connectivity index (χ1v) is 11.4. The molecule has 0 saturated carbocycles. The number of aromatic nitrogens is 1. The van der Waals surface area contributed by atoms with Crippen molar-refractivity contribution in [1.29, 1.82) is 0 Å². The quantitative estimate of drug-likeness (QED) is 0.639. The Labute approximate surface area is 184 Å². The lowest BCUT2D eigenvalue weighted by atomic mass is 10.1. The molecule has 1 amide bonds. The second-order valence-corrected chi connectivity index (χ2v) is 9.64. The summed E-state index contributed by atoms with van der Waals surface area (Å²) in [4.78, 5) is 15.7. The molecule has 8 nitrogen and oxygen atoms in total. The number of aryl methyl sites for hydroxylation is 2. The second kappa shape index (κ2) is 9.20. The number of likely N-dealkylation sites (N-methyl/N-ethyl adjacent to an activating group) is 1. The number of halogens is 3. The number of nitrogens with zero attached hydrogens (tertiary/aromatic N) is 4. The molecule has 0 spiro atoms. The monoisotopic (exact) mass is 474 g/mol. The fourth-order valence-corrected chi connectivity index (χ4v) is 5.48. The number of sulfonamides is 1. The number of rotatable bonds is 6. The summed E-state index contributed by atoms with van der Waals surface area (Å²) in [5.74, 6) is -0.0619. The van der Waals surface area contributed by atoms with Crippen LogP contribution < -0.4 is 0 Å². The lowest BCUT2D eigenvalue weighted by Crippen LogP contribution is -2.52. The number of piperazine rings is 1. The van der Waals surface area contributed by atoms with Crippen LogP contribution in [0.2, 0.25) is 0 Å². The summed E-state index contributed by atoms with van der Waals surface area (Å²) in [6.07, 6.45) is -4.47. The van der Waals surface area contributed by atoms with Crippen LogP contribution in [-0.2, 0) is 27.5 Å². The maximum absolute atomic E-state index is 13.2. The molecule has 0 N–H and O–H groups in total. The Hall–Kier alpha value is -2.44. The van der Waals surface area contributed by atoms with Gasteiger partial charge in [0.15, 0.2) is 5.76 Å². The lowest BCUT2D eigenvalue weighted by Gasteiger charge is -2.34. The molecule has 1 fully saturated rings. The SMILES string of the molecule is Cc1noc(C)c1S(=O)(=O)N1CCN(C(=O)CN(C)Cc2ccccc2C(F)(F)F)CC1. The topological polar surface area (TPSA) is 87.0 Å². The lowest BCUT2D eigenvalue weighted by molar-refractivity contribution is -0.138. The first-order chi connectivity index (χ1) is 14.9. The molecule has 0 unspecified atom stereocenters. The standard InChI is InChI=1S/C20H25F3N4O4S/c1-14-19(15(2)31-24-14)32(29,30)27-10-8-26(9-11-27)18(28)13-25(3)12-16-6-4-5-7-17(16)20(21,22)23/h4-7H,8-13H2,1-3H3. The zero-order valence-electron chi connectivity index (χ0n) is 18.0. The third-order valence-corrected chi connectivity index (χ3v) is 7.47. The number of amides is 1. The highest BCUT2D eigenvalue weighted by molar-refractivity contribution is 7.89. The molecule has 1 aliphatic heterocycles. The van der Waals surface area contributed by atoms with Crippen molar-refractivity contribution in [3.8, 4) is 0 Å². The number of carbonyl (C=O) groups is 1. The van der Waals surface area contributed by atoms with Crippen molar-refractivity contribution in [2.45, 2.75) is 31.5 Å². The van der Waals surface area contributed by atoms with Crippen molar-refractivity contribution < 1.29 is 30.9 Å². The molecular formula is C20H25F3N4O4S. The van der Waals surface area contributed by atoms with E-state index in [0.717, 1.165) is 6.07 Å². The van der Waals surface area contributed by atoms with E-state index in [1.807, 2.05) is 0 Å². The summed E-state index contributed by atoms with van der Waals surface area (Å²) in [5.41, 5.74) is -0.357. The summed E-state index contributed by atoms with van der Waals surface area (Å²) in [7, 11) is -2.22. The van der Waals surface area contributed by atoms with E-state index in [1.54, 1.807) is 14.0 Å². The van der Waals surface area contributed by atoms with E-state index in [4.69, 9.17) is 4.52 Å². The summed E-state index contributed by atoms with van der Waals surface area (Å²) >= 11 is 0. The van der Waals surface area contributed by atoms with Crippen LogP contribution in [0.5, 0.6) is 0 Å². The van der Waals surface area contributed by atoms with Gasteiger partial charge in [-0.1, -0.05) is 23.4 Å². The Kier molecular flexibility index (Phi) is 6.96. The van der Waals surface area contributed by atoms with Gasteiger partial charge in [0.1, 0.15) is 10.6 Å². The largest absolute Gasteiger partial charge is 0.416 e. The third-order valence-electron chi connectivity index (χ3n) is 5.33. The van der Waals surface area contributed by atoms with Gasteiger partial charge in [0.2, 0.25) is 15.9 Å². The van der Waals surface area contributed by atoms with Crippen LogP contribution in [0.1, 0.15) is 22.6 Å². The smallest absolute Gasteiger partial charge is 0.360 e. The van der Waals surface area contributed by atoms with Gasteiger partial charge < -0.3 is 9.42 Å². The van der Waals surface area contributed by atoms with Crippen molar-refractivity contribution in [2.75, 3.05) is 39.8 Å². The van der Waals surface area contributed by atoms with Crippen molar-refractivity contribution in [3.05, 3.63) is 46.8 Å². The molecule has 3 rings (SSSR count). The normalized spacial score (nSPS) is 16.0. The van der Waals surface area contributed by atoms with Crippen LogP contribution in [0, 0.1) is 13.8 Å². The highest BCUT2D eigenvalue weighted by Gasteiger charge is 2.35. The molecule has 0 atom stereocenters. The van der Waals surface area contributed by atoms with Gasteiger partial charge in [0.25, 0.3) is 0 Å². The van der Waals surface area contributed by atoms with Crippen LogP contribution in [0.25, 0.3) is 0 Å². The summed E-state index contributed by atoms with van der Waals surface area (Å²) in [6.45, 7) is 3.56. The Balaban J connectivity index is 1.58. The van der Waals surface area contributed by atoms with E-state index in [1.165, 1.54) is 39.2 Å². The number of hydrogen-bond acceptors (Lipinski definition) is 6. The van der Waals surface area contributed by atoms with E-state index in [2.05, 4.69) is 5.16 Å². The molecule has 1 aromatic carbocycles. The molecule has 1 aromatic heterocycles. The van der Waals surface area contributed by atoms with E-state index >= 15 is 0 Å². The van der Waals surface area contributed by atoms with E-state index in [9.17, 15) is 26.4 Å². The molecular weight excluding hydrogens is 449 g/mol. The Morgan fingerprint density at radius 1 is 1.16 bits per heavy atom. The fraction of sp³-hybridized carbons (Fsp3) is 0.500. The Morgan fingerprint density at radius 2 is 1.78 bits per heavy atom. The minimum atomic E-state index is -4.47. The zero-order valence-corrected chi connectivity index (χ0v) is 18.8. The molecule has 0 radical (unpaired) electrons. The molecule has 1 aliphatic rings. The maximum Gasteiger partial charge on any atom is 0.416 e. The Bertz CT molecular complexity index is 1060. The van der Waals surface area contributed by atoms with Crippen molar-refractivity contribution in [2.24, 2.45) is 0 Å². The number of carbonyl (C=O) groups excluding carboxylic acids is 1. The molecule has 2 aromatic rings. The van der Waals surface area contributed by atoms with Crippen LogP contribution >= 0.6 is 0 Å². The van der Waals surface area contributed by atoms with Crippen molar-refractivity contribution >= 4 is 15.9 Å². The maximum atomic E-state index is 13.2. The molecule has 176 valence electrons. The molecule has 32 heavy (non-hydrogen) atoms. The average Bonchev–Trinajstić information content (AvgIpc) is 3.06. The summed E-state index contributed by atoms with van der Waals surface area (Å²) < 4.78 is 71.5. The average molecular weight is 475 g/mol. The van der Waals surface area contributed by atoms with Gasteiger partial charge in [0.05, 0.1) is 12.1 Å².